The van der Waals surface area contributed by atoms with Crippen molar-refractivity contribution < 1.29 is 13.5 Å². The van der Waals surface area contributed by atoms with Crippen LogP contribution in [0.3, 0.4) is 0 Å². The van der Waals surface area contributed by atoms with Crippen LogP contribution in [-0.2, 0) is 16.6 Å². The molecular formula is C27H33ClN8O3S. The van der Waals surface area contributed by atoms with Gasteiger partial charge in [-0.1, -0.05) is 17.7 Å². The van der Waals surface area contributed by atoms with Crippen LogP contribution in [-0.4, -0.2) is 75.1 Å². The van der Waals surface area contributed by atoms with E-state index < -0.39 is 10.0 Å². The molecule has 0 spiro atoms. The number of rotatable bonds is 8. The van der Waals surface area contributed by atoms with E-state index in [2.05, 4.69) is 30.5 Å². The Morgan fingerprint density at radius 1 is 1.18 bits per heavy atom. The molecule has 1 aliphatic heterocycles. The van der Waals surface area contributed by atoms with E-state index in [1.807, 2.05) is 18.2 Å². The maximum absolute atomic E-state index is 11.8. The van der Waals surface area contributed by atoms with E-state index in [-0.39, 0.29) is 12.1 Å². The zero-order valence-corrected chi connectivity index (χ0v) is 23.9. The van der Waals surface area contributed by atoms with E-state index in [0.29, 0.717) is 72.1 Å². The van der Waals surface area contributed by atoms with E-state index in [1.54, 1.807) is 17.1 Å². The smallest absolute Gasteiger partial charge is 0.231 e. The third-order valence-corrected chi connectivity index (χ3v) is 9.11. The summed E-state index contributed by atoms with van der Waals surface area (Å²) in [7, 11) is -3.20. The number of piperidine rings is 1. The molecule has 2 fully saturated rings. The maximum atomic E-state index is 11.8. The molecular weight excluding hydrogens is 552 g/mol. The number of halogens is 1. The van der Waals surface area contributed by atoms with Gasteiger partial charge in [-0.15, -0.1) is 0 Å². The van der Waals surface area contributed by atoms with Crippen LogP contribution >= 0.6 is 11.6 Å². The van der Waals surface area contributed by atoms with Crippen molar-refractivity contribution in [1.29, 1.82) is 0 Å². The van der Waals surface area contributed by atoms with Crippen molar-refractivity contribution in [1.82, 2.24) is 29.4 Å². The standard InChI is InChI=1S/C27H33ClN8O3S/c1-29-24-16-31-27(33-20-8-10-35(11-9-20)40(2,38)39)34-26(24)19-15-32-36(17-19)25-7-6-18(12-23(25)28)14-30-21-4-3-5-22(37)13-21/h6-7,12,15-17,20-22,30,37H,3-5,8-11,13-14H2,2H3,(H,31,33,34)/t21-,22+/m0/s1. The molecule has 1 aliphatic carbocycles. The Morgan fingerprint density at radius 3 is 2.67 bits per heavy atom. The van der Waals surface area contributed by atoms with E-state index >= 15 is 0 Å². The summed E-state index contributed by atoms with van der Waals surface area (Å²) in [5, 5.41) is 21.7. The first-order valence-corrected chi connectivity index (χ1v) is 15.6. The first-order valence-electron chi connectivity index (χ1n) is 13.4. The molecule has 212 valence electrons. The molecule has 40 heavy (non-hydrogen) atoms. The summed E-state index contributed by atoms with van der Waals surface area (Å²) in [5.74, 6) is 0.383. The number of hydrogen-bond donors (Lipinski definition) is 3. The normalized spacial score (nSPS) is 20.8. The lowest BCUT2D eigenvalue weighted by molar-refractivity contribution is 0.111. The van der Waals surface area contributed by atoms with Gasteiger partial charge < -0.3 is 15.7 Å². The minimum atomic E-state index is -3.20. The molecule has 5 rings (SSSR count). The lowest BCUT2D eigenvalue weighted by Crippen LogP contribution is -2.42. The van der Waals surface area contributed by atoms with Crippen molar-refractivity contribution in [2.24, 2.45) is 0 Å². The van der Waals surface area contributed by atoms with Gasteiger partial charge in [0.15, 0.2) is 0 Å². The van der Waals surface area contributed by atoms with Crippen LogP contribution in [0.25, 0.3) is 21.8 Å². The number of nitrogens with zero attached hydrogens (tertiary/aromatic N) is 6. The fourth-order valence-corrected chi connectivity index (χ4v) is 6.45. The zero-order chi connectivity index (χ0) is 28.3. The molecule has 2 aromatic heterocycles. The molecule has 11 nitrogen and oxygen atoms in total. The summed E-state index contributed by atoms with van der Waals surface area (Å²) in [6.45, 7) is 9.13. The summed E-state index contributed by atoms with van der Waals surface area (Å²) < 4.78 is 26.7. The highest BCUT2D eigenvalue weighted by atomic mass is 35.5. The Balaban J connectivity index is 1.27. The Kier molecular flexibility index (Phi) is 8.68. The van der Waals surface area contributed by atoms with Gasteiger partial charge in [-0.25, -0.2) is 32.2 Å². The number of nitrogens with one attached hydrogen (secondary N) is 2. The van der Waals surface area contributed by atoms with E-state index in [1.165, 1.54) is 16.8 Å². The van der Waals surface area contributed by atoms with Gasteiger partial charge >= 0.3 is 0 Å². The lowest BCUT2D eigenvalue weighted by atomic mass is 9.93. The second kappa shape index (κ2) is 12.2. The summed E-state index contributed by atoms with van der Waals surface area (Å²) in [4.78, 5) is 12.5. The average molecular weight is 585 g/mol. The highest BCUT2D eigenvalue weighted by Gasteiger charge is 2.25. The number of hydrogen-bond acceptors (Lipinski definition) is 8. The molecule has 0 unspecified atom stereocenters. The summed E-state index contributed by atoms with van der Waals surface area (Å²) in [6, 6.07) is 6.16. The van der Waals surface area contributed by atoms with Crippen LogP contribution in [0.5, 0.6) is 0 Å². The minimum Gasteiger partial charge on any atom is -0.393 e. The van der Waals surface area contributed by atoms with Crippen molar-refractivity contribution in [3.05, 3.63) is 58.8 Å². The molecule has 3 heterocycles. The van der Waals surface area contributed by atoms with Gasteiger partial charge in [-0.2, -0.15) is 5.10 Å². The second-order valence-electron chi connectivity index (χ2n) is 10.5. The first-order chi connectivity index (χ1) is 19.2. The van der Waals surface area contributed by atoms with E-state index in [4.69, 9.17) is 18.2 Å². The van der Waals surface area contributed by atoms with Crippen LogP contribution in [0.15, 0.2) is 36.8 Å². The highest BCUT2D eigenvalue weighted by molar-refractivity contribution is 7.88. The van der Waals surface area contributed by atoms with Gasteiger partial charge in [0.1, 0.15) is 0 Å². The molecule has 2 atom stereocenters. The molecule has 0 radical (unpaired) electrons. The SMILES string of the molecule is [C-]#[N+]c1cnc(NC2CCN(S(C)(=O)=O)CC2)nc1-c1cnn(-c2ccc(CN[C@H]3CCC[C@@H](O)C3)cc2Cl)c1. The molecule has 1 saturated heterocycles. The third kappa shape index (κ3) is 6.79. The number of anilines is 1. The average Bonchev–Trinajstić information content (AvgIpc) is 3.42. The predicted octanol–water partition coefficient (Wildman–Crippen LogP) is 3.76. The van der Waals surface area contributed by atoms with Gasteiger partial charge in [0.2, 0.25) is 21.7 Å². The van der Waals surface area contributed by atoms with Crippen LogP contribution in [0.4, 0.5) is 11.6 Å². The topological polar surface area (TPSA) is 130 Å². The van der Waals surface area contributed by atoms with Crippen LogP contribution in [0.2, 0.25) is 5.02 Å². The van der Waals surface area contributed by atoms with Crippen molar-refractivity contribution >= 4 is 33.3 Å². The number of aliphatic hydroxyl groups is 1. The van der Waals surface area contributed by atoms with E-state index in [9.17, 15) is 13.5 Å². The molecule has 2 aliphatic rings. The number of aromatic nitrogens is 4. The first kappa shape index (κ1) is 28.4. The Hall–Kier alpha value is -3.08. The minimum absolute atomic E-state index is 0.0300. The summed E-state index contributed by atoms with van der Waals surface area (Å²) >= 11 is 6.64. The fourth-order valence-electron chi connectivity index (χ4n) is 5.29. The van der Waals surface area contributed by atoms with Crippen molar-refractivity contribution in [3.63, 3.8) is 0 Å². The molecule has 1 saturated carbocycles. The molecule has 3 aromatic rings. The monoisotopic (exact) mass is 584 g/mol. The third-order valence-electron chi connectivity index (χ3n) is 7.50. The van der Waals surface area contributed by atoms with Crippen LogP contribution in [0, 0.1) is 6.57 Å². The van der Waals surface area contributed by atoms with Crippen molar-refractivity contribution in [2.45, 2.75) is 63.3 Å². The van der Waals surface area contributed by atoms with Gasteiger partial charge in [0.25, 0.3) is 0 Å². The molecule has 3 N–H and O–H groups in total. The van der Waals surface area contributed by atoms with Crippen LogP contribution in [0.1, 0.15) is 44.1 Å². The molecule has 0 amide bonds. The quantitative estimate of drug-likeness (QED) is 0.341. The Morgan fingerprint density at radius 2 is 1.98 bits per heavy atom. The molecule has 13 heteroatoms. The van der Waals surface area contributed by atoms with Crippen molar-refractivity contribution in [2.75, 3.05) is 24.7 Å². The number of aliphatic hydroxyl groups excluding tert-OH is 1. The van der Waals surface area contributed by atoms with Crippen molar-refractivity contribution in [3.8, 4) is 16.9 Å². The zero-order valence-electron chi connectivity index (χ0n) is 22.3. The van der Waals surface area contributed by atoms with Crippen LogP contribution < -0.4 is 10.6 Å². The maximum Gasteiger partial charge on any atom is 0.231 e. The second-order valence-corrected chi connectivity index (χ2v) is 12.9. The molecule has 1 aromatic carbocycles. The van der Waals surface area contributed by atoms with Gasteiger partial charge in [-0.05, 0) is 56.2 Å². The van der Waals surface area contributed by atoms with Gasteiger partial charge in [0.05, 0.1) is 41.5 Å². The lowest BCUT2D eigenvalue weighted by Gasteiger charge is -2.30. The summed E-state index contributed by atoms with van der Waals surface area (Å²) in [5.41, 5.74) is 3.17. The predicted molar refractivity (Wildman–Crippen MR) is 154 cm³/mol. The van der Waals surface area contributed by atoms with E-state index in [0.717, 1.165) is 31.2 Å². The fraction of sp³-hybridized carbons (Fsp3) is 0.481. The Bertz CT molecular complexity index is 1500. The van der Waals surface area contributed by atoms with Gasteiger partial charge in [0, 0.05) is 49.7 Å². The molecule has 0 bridgehead atoms. The number of benzene rings is 1. The largest absolute Gasteiger partial charge is 0.393 e. The highest BCUT2D eigenvalue weighted by Crippen LogP contribution is 2.31. The van der Waals surface area contributed by atoms with Gasteiger partial charge in [-0.3, -0.25) is 0 Å². The number of sulfonamides is 1. The Labute approximate surface area is 239 Å². The summed E-state index contributed by atoms with van der Waals surface area (Å²) in [6.07, 6.45) is 10.9.